The van der Waals surface area contributed by atoms with E-state index in [0.717, 1.165) is 46.9 Å². The number of aryl methyl sites for hydroxylation is 1. The summed E-state index contributed by atoms with van der Waals surface area (Å²) in [6, 6.07) is 7.24. The number of ether oxygens (including phenoxy) is 1. The Kier molecular flexibility index (Phi) is 5.18. The number of nitrogens with one attached hydrogen (secondary N) is 1. The van der Waals surface area contributed by atoms with Crippen LogP contribution in [0.5, 0.6) is 0 Å². The van der Waals surface area contributed by atoms with Gasteiger partial charge in [-0.1, -0.05) is 29.2 Å². The number of anilines is 1. The van der Waals surface area contributed by atoms with Gasteiger partial charge >= 0.3 is 0 Å². The first-order chi connectivity index (χ1) is 12.7. The average Bonchev–Trinajstić information content (AvgIpc) is 3.30. The first-order valence-corrected chi connectivity index (χ1v) is 10.3. The molecule has 7 nitrogen and oxygen atoms in total. The first kappa shape index (κ1) is 17.4. The number of rotatable bonds is 6. The van der Waals surface area contributed by atoms with E-state index in [1.807, 2.05) is 25.1 Å². The summed E-state index contributed by atoms with van der Waals surface area (Å²) < 4.78 is 8.06. The van der Waals surface area contributed by atoms with Crippen molar-refractivity contribution in [1.29, 1.82) is 0 Å². The molecule has 4 rings (SSSR count). The largest absolute Gasteiger partial charge is 0.376 e. The van der Waals surface area contributed by atoms with Gasteiger partial charge in [0.2, 0.25) is 5.13 Å². The SMILES string of the molecule is Cc1cccc2nc(CSc3nnc(NCC4CCCO4)s3)cc(=O)n12. The molecule has 3 aromatic heterocycles. The van der Waals surface area contributed by atoms with Crippen molar-refractivity contribution in [3.8, 4) is 0 Å². The molecule has 1 saturated heterocycles. The van der Waals surface area contributed by atoms with Gasteiger partial charge < -0.3 is 10.1 Å². The van der Waals surface area contributed by atoms with Crippen molar-refractivity contribution in [1.82, 2.24) is 19.6 Å². The molecule has 1 unspecified atom stereocenters. The van der Waals surface area contributed by atoms with Crippen molar-refractivity contribution in [2.45, 2.75) is 36.0 Å². The monoisotopic (exact) mass is 389 g/mol. The maximum absolute atomic E-state index is 12.3. The lowest BCUT2D eigenvalue weighted by Gasteiger charge is -2.08. The van der Waals surface area contributed by atoms with Crippen LogP contribution in [0.3, 0.4) is 0 Å². The van der Waals surface area contributed by atoms with Gasteiger partial charge in [0.15, 0.2) is 4.34 Å². The second-order valence-corrected chi connectivity index (χ2v) is 8.32. The molecule has 26 heavy (non-hydrogen) atoms. The zero-order chi connectivity index (χ0) is 17.9. The molecule has 0 spiro atoms. The highest BCUT2D eigenvalue weighted by Gasteiger charge is 2.16. The van der Waals surface area contributed by atoms with Gasteiger partial charge in [0.05, 0.1) is 11.8 Å². The van der Waals surface area contributed by atoms with Crippen LogP contribution in [0.1, 0.15) is 24.2 Å². The highest BCUT2D eigenvalue weighted by atomic mass is 32.2. The van der Waals surface area contributed by atoms with Crippen LogP contribution < -0.4 is 10.9 Å². The summed E-state index contributed by atoms with van der Waals surface area (Å²) in [4.78, 5) is 16.9. The lowest BCUT2D eigenvalue weighted by atomic mass is 10.2. The van der Waals surface area contributed by atoms with Crippen molar-refractivity contribution >= 4 is 33.9 Å². The third-order valence-electron chi connectivity index (χ3n) is 4.19. The van der Waals surface area contributed by atoms with Gasteiger partial charge in [-0.05, 0) is 31.9 Å². The minimum Gasteiger partial charge on any atom is -0.376 e. The highest BCUT2D eigenvalue weighted by molar-refractivity contribution is 8.00. The average molecular weight is 390 g/mol. The molecular weight excluding hydrogens is 370 g/mol. The molecule has 0 aromatic carbocycles. The topological polar surface area (TPSA) is 81.4 Å². The van der Waals surface area contributed by atoms with Gasteiger partial charge in [-0.2, -0.15) is 0 Å². The third-order valence-corrected chi connectivity index (χ3v) is 6.24. The summed E-state index contributed by atoms with van der Waals surface area (Å²) in [5, 5.41) is 12.4. The van der Waals surface area contributed by atoms with E-state index in [1.165, 1.54) is 23.1 Å². The van der Waals surface area contributed by atoms with Gasteiger partial charge in [0.1, 0.15) is 5.65 Å². The van der Waals surface area contributed by atoms with Gasteiger partial charge in [-0.25, -0.2) is 4.98 Å². The van der Waals surface area contributed by atoms with Crippen LogP contribution in [0.15, 0.2) is 33.4 Å². The van der Waals surface area contributed by atoms with Gasteiger partial charge in [0, 0.05) is 30.7 Å². The van der Waals surface area contributed by atoms with Gasteiger partial charge in [-0.15, -0.1) is 10.2 Å². The lowest BCUT2D eigenvalue weighted by Crippen LogP contribution is -2.18. The molecule has 136 valence electrons. The van der Waals surface area contributed by atoms with E-state index in [1.54, 1.807) is 10.5 Å². The number of nitrogens with zero attached hydrogens (tertiary/aromatic N) is 4. The molecule has 0 radical (unpaired) electrons. The molecule has 9 heteroatoms. The molecule has 0 aliphatic carbocycles. The van der Waals surface area contributed by atoms with Crippen LogP contribution in [0.2, 0.25) is 0 Å². The Morgan fingerprint density at radius 3 is 3.19 bits per heavy atom. The second-order valence-electron chi connectivity index (χ2n) is 6.12. The molecule has 1 aliphatic heterocycles. The van der Waals surface area contributed by atoms with E-state index in [9.17, 15) is 4.79 Å². The van der Waals surface area contributed by atoms with Crippen LogP contribution in [0.4, 0.5) is 5.13 Å². The van der Waals surface area contributed by atoms with Crippen LogP contribution in [0, 0.1) is 6.92 Å². The zero-order valence-corrected chi connectivity index (χ0v) is 16.0. The van der Waals surface area contributed by atoms with Crippen LogP contribution in [-0.4, -0.2) is 38.8 Å². The van der Waals surface area contributed by atoms with E-state index in [0.29, 0.717) is 11.4 Å². The quantitative estimate of drug-likeness (QED) is 0.649. The van der Waals surface area contributed by atoms with Crippen LogP contribution in [0.25, 0.3) is 5.65 Å². The van der Waals surface area contributed by atoms with Crippen molar-refractivity contribution < 1.29 is 4.74 Å². The smallest absolute Gasteiger partial charge is 0.258 e. The summed E-state index contributed by atoms with van der Waals surface area (Å²) in [7, 11) is 0. The van der Waals surface area contributed by atoms with E-state index < -0.39 is 0 Å². The number of aromatic nitrogens is 4. The van der Waals surface area contributed by atoms with Crippen molar-refractivity contribution in [3.05, 3.63) is 46.0 Å². The van der Waals surface area contributed by atoms with Crippen molar-refractivity contribution in [3.63, 3.8) is 0 Å². The minimum absolute atomic E-state index is 0.0557. The maximum Gasteiger partial charge on any atom is 0.258 e. The standard InChI is InChI=1S/C17H19N5O2S2/c1-11-4-2-6-14-19-12(8-15(23)22(11)14)10-25-17-21-20-16(26-17)18-9-13-5-3-7-24-13/h2,4,6,8,13H,3,5,7,9-10H2,1H3,(H,18,20). The Morgan fingerprint density at radius 1 is 1.42 bits per heavy atom. The molecule has 1 aliphatic rings. The Labute approximate surface area is 158 Å². The molecule has 1 fully saturated rings. The molecule has 0 bridgehead atoms. The maximum atomic E-state index is 12.3. The van der Waals surface area contributed by atoms with E-state index in [4.69, 9.17) is 4.74 Å². The Hall–Kier alpha value is -1.97. The fourth-order valence-electron chi connectivity index (χ4n) is 2.92. The molecule has 3 aromatic rings. The summed E-state index contributed by atoms with van der Waals surface area (Å²) in [5.74, 6) is 0.583. The van der Waals surface area contributed by atoms with E-state index >= 15 is 0 Å². The summed E-state index contributed by atoms with van der Waals surface area (Å²) >= 11 is 3.05. The highest BCUT2D eigenvalue weighted by Crippen LogP contribution is 2.28. The van der Waals surface area contributed by atoms with Crippen LogP contribution in [-0.2, 0) is 10.5 Å². The second kappa shape index (κ2) is 7.73. The van der Waals surface area contributed by atoms with Gasteiger partial charge in [-0.3, -0.25) is 9.20 Å². The number of thioether (sulfide) groups is 1. The molecule has 4 heterocycles. The van der Waals surface area contributed by atoms with Crippen molar-refractivity contribution in [2.24, 2.45) is 0 Å². The normalized spacial score (nSPS) is 17.0. The number of hydrogen-bond acceptors (Lipinski definition) is 8. The Balaban J connectivity index is 1.39. The van der Waals surface area contributed by atoms with Gasteiger partial charge in [0.25, 0.3) is 5.56 Å². The molecule has 0 saturated carbocycles. The van der Waals surface area contributed by atoms with E-state index in [2.05, 4.69) is 20.5 Å². The number of hydrogen-bond donors (Lipinski definition) is 1. The van der Waals surface area contributed by atoms with Crippen LogP contribution >= 0.6 is 23.1 Å². The van der Waals surface area contributed by atoms with Crippen molar-refractivity contribution in [2.75, 3.05) is 18.5 Å². The summed E-state index contributed by atoms with van der Waals surface area (Å²) in [6.07, 6.45) is 2.49. The number of fused-ring (bicyclic) bond motifs is 1. The molecule has 1 atom stereocenters. The first-order valence-electron chi connectivity index (χ1n) is 8.49. The molecular formula is C17H19N5O2S2. The molecule has 0 amide bonds. The Bertz CT molecular complexity index is 965. The number of pyridine rings is 1. The lowest BCUT2D eigenvalue weighted by molar-refractivity contribution is 0.120. The summed E-state index contributed by atoms with van der Waals surface area (Å²) in [6.45, 7) is 3.51. The zero-order valence-electron chi connectivity index (χ0n) is 14.3. The predicted octanol–water partition coefficient (Wildman–Crippen LogP) is 2.74. The fourth-order valence-corrected chi connectivity index (χ4v) is 4.57. The summed E-state index contributed by atoms with van der Waals surface area (Å²) in [5.41, 5.74) is 2.24. The third kappa shape index (κ3) is 3.89. The van der Waals surface area contributed by atoms with E-state index in [-0.39, 0.29) is 11.7 Å². The minimum atomic E-state index is -0.0557. The fraction of sp³-hybridized carbons (Fsp3) is 0.412. The Morgan fingerprint density at radius 2 is 2.35 bits per heavy atom. The predicted molar refractivity (Wildman–Crippen MR) is 103 cm³/mol. The molecule has 1 N–H and O–H groups in total.